The molecule has 0 spiro atoms. The summed E-state index contributed by atoms with van der Waals surface area (Å²) in [6, 6.07) is 2.28. The van der Waals surface area contributed by atoms with Crippen LogP contribution < -0.4 is 10.3 Å². The lowest BCUT2D eigenvalue weighted by Crippen LogP contribution is -2.42. The maximum atomic E-state index is 15.0. The van der Waals surface area contributed by atoms with E-state index in [2.05, 4.69) is 0 Å². The average Bonchev–Trinajstić information content (AvgIpc) is 2.74. The number of benzene rings is 1. The largest absolute Gasteiger partial charge is 0.416 e. The van der Waals surface area contributed by atoms with E-state index < -0.39 is 34.0 Å². The van der Waals surface area contributed by atoms with Crippen LogP contribution in [0.3, 0.4) is 0 Å². The van der Waals surface area contributed by atoms with Crippen LogP contribution in [-0.2, 0) is 6.18 Å². The maximum Gasteiger partial charge on any atom is 0.416 e. The third-order valence-corrected chi connectivity index (χ3v) is 7.89. The van der Waals surface area contributed by atoms with Crippen molar-refractivity contribution in [3.63, 3.8) is 0 Å². The van der Waals surface area contributed by atoms with Crippen molar-refractivity contribution in [3.05, 3.63) is 44.1 Å². The van der Waals surface area contributed by atoms with Crippen molar-refractivity contribution in [2.24, 2.45) is 11.8 Å². The van der Waals surface area contributed by atoms with Gasteiger partial charge in [0, 0.05) is 24.1 Å². The number of fused-ring (bicyclic) bond motifs is 1. The van der Waals surface area contributed by atoms with Gasteiger partial charge in [-0.2, -0.15) is 13.2 Å². The van der Waals surface area contributed by atoms with Gasteiger partial charge >= 0.3 is 6.18 Å². The van der Waals surface area contributed by atoms with Crippen LogP contribution >= 0.6 is 11.3 Å². The molecule has 4 rings (SSSR count). The number of nitrogens with zero attached hydrogens (tertiary/aromatic N) is 2. The standard InChI is InChI=1S/C22H24F4N2O3S/c23-17-12-27(7-6-14(17)8-13-4-2-1-3-5-13)20-11-19(29)16-9-15(22(24,25)26)10-18(28(30)31)21(16)32-20/h9-11,13-14,17H,1-8,12H2. The van der Waals surface area contributed by atoms with E-state index in [0.717, 1.165) is 30.6 Å². The summed E-state index contributed by atoms with van der Waals surface area (Å²) in [6.45, 7) is 0.584. The molecule has 1 aliphatic heterocycles. The van der Waals surface area contributed by atoms with E-state index >= 15 is 0 Å². The molecule has 2 heterocycles. The number of non-ortho nitro benzene ring substituents is 1. The number of piperidine rings is 1. The second-order valence-electron chi connectivity index (χ2n) is 8.83. The zero-order valence-corrected chi connectivity index (χ0v) is 18.2. The number of alkyl halides is 4. The van der Waals surface area contributed by atoms with E-state index in [-0.39, 0.29) is 22.5 Å². The molecule has 1 aromatic heterocycles. The Balaban J connectivity index is 1.60. The van der Waals surface area contributed by atoms with Crippen LogP contribution in [0.4, 0.5) is 28.3 Å². The lowest BCUT2D eigenvalue weighted by molar-refractivity contribution is -0.383. The number of rotatable bonds is 4. The van der Waals surface area contributed by atoms with Crippen LogP contribution in [0.15, 0.2) is 23.0 Å². The molecule has 0 radical (unpaired) electrons. The summed E-state index contributed by atoms with van der Waals surface area (Å²) in [6.07, 6.45) is 1.50. The highest BCUT2D eigenvalue weighted by Gasteiger charge is 2.35. The molecule has 1 saturated heterocycles. The van der Waals surface area contributed by atoms with Crippen LogP contribution in [0.25, 0.3) is 10.1 Å². The SMILES string of the molecule is O=c1cc(N2CCC(CC3CCCCC3)C(F)C2)sc2c([N+](=O)[O-])cc(C(F)(F)F)cc12. The van der Waals surface area contributed by atoms with E-state index in [4.69, 9.17) is 0 Å². The molecule has 0 amide bonds. The summed E-state index contributed by atoms with van der Waals surface area (Å²) >= 11 is 0.871. The fourth-order valence-corrected chi connectivity index (χ4v) is 6.13. The summed E-state index contributed by atoms with van der Waals surface area (Å²) in [4.78, 5) is 24.8. The van der Waals surface area contributed by atoms with E-state index in [0.29, 0.717) is 36.0 Å². The average molecular weight is 473 g/mol. The Hall–Kier alpha value is -2.23. The van der Waals surface area contributed by atoms with Crippen molar-refractivity contribution in [1.29, 1.82) is 0 Å². The summed E-state index contributed by atoms with van der Waals surface area (Å²) in [5.41, 5.74) is -2.73. The van der Waals surface area contributed by atoms with Gasteiger partial charge in [-0.25, -0.2) is 4.39 Å². The van der Waals surface area contributed by atoms with E-state index in [1.54, 1.807) is 4.90 Å². The van der Waals surface area contributed by atoms with Gasteiger partial charge in [-0.15, -0.1) is 11.3 Å². The Kier molecular flexibility index (Phi) is 6.42. The zero-order valence-electron chi connectivity index (χ0n) is 17.4. The molecule has 10 heteroatoms. The molecule has 0 bridgehead atoms. The number of hydrogen-bond acceptors (Lipinski definition) is 5. The van der Waals surface area contributed by atoms with Gasteiger partial charge in [0.05, 0.1) is 22.0 Å². The van der Waals surface area contributed by atoms with Crippen LogP contribution in [0.2, 0.25) is 0 Å². The highest BCUT2D eigenvalue weighted by molar-refractivity contribution is 7.22. The Labute approximate surface area is 186 Å². The first-order valence-electron chi connectivity index (χ1n) is 10.9. The third-order valence-electron chi connectivity index (χ3n) is 6.67. The number of halogens is 4. The first-order valence-corrected chi connectivity index (χ1v) is 11.7. The second kappa shape index (κ2) is 8.96. The number of nitro benzene ring substituents is 1. The lowest BCUT2D eigenvalue weighted by atomic mass is 9.79. The Bertz CT molecular complexity index is 1070. The topological polar surface area (TPSA) is 63.5 Å². The van der Waals surface area contributed by atoms with Crippen LogP contribution in [0.1, 0.15) is 50.5 Å². The van der Waals surface area contributed by atoms with E-state index in [9.17, 15) is 32.5 Å². The van der Waals surface area contributed by atoms with Crippen molar-refractivity contribution < 1.29 is 22.5 Å². The monoisotopic (exact) mass is 472 g/mol. The van der Waals surface area contributed by atoms with Gasteiger partial charge in [-0.3, -0.25) is 14.9 Å². The maximum absolute atomic E-state index is 15.0. The lowest BCUT2D eigenvalue weighted by Gasteiger charge is -2.37. The molecule has 2 atom stereocenters. The molecular weight excluding hydrogens is 448 g/mol. The van der Waals surface area contributed by atoms with Crippen LogP contribution in [0, 0.1) is 22.0 Å². The van der Waals surface area contributed by atoms with Gasteiger partial charge < -0.3 is 4.90 Å². The normalized spacial score (nSPS) is 22.9. The van der Waals surface area contributed by atoms with Gasteiger partial charge in [-0.05, 0) is 30.7 Å². The molecule has 1 aliphatic carbocycles. The van der Waals surface area contributed by atoms with Crippen LogP contribution in [0.5, 0.6) is 0 Å². The van der Waals surface area contributed by atoms with Gasteiger partial charge in [0.1, 0.15) is 10.9 Å². The Morgan fingerprint density at radius 1 is 1.12 bits per heavy atom. The van der Waals surface area contributed by atoms with Gasteiger partial charge in [0.25, 0.3) is 5.69 Å². The van der Waals surface area contributed by atoms with Gasteiger partial charge in [0.15, 0.2) is 5.43 Å². The van der Waals surface area contributed by atoms with Crippen molar-refractivity contribution in [2.75, 3.05) is 18.0 Å². The molecule has 0 N–H and O–H groups in total. The molecular formula is C22H24F4N2O3S. The summed E-state index contributed by atoms with van der Waals surface area (Å²) in [5, 5.41) is 11.5. The minimum Gasteiger partial charge on any atom is -0.360 e. The first-order chi connectivity index (χ1) is 15.1. The molecule has 2 unspecified atom stereocenters. The highest BCUT2D eigenvalue weighted by Crippen LogP contribution is 2.40. The molecule has 2 fully saturated rings. The van der Waals surface area contributed by atoms with Gasteiger partial charge in [-0.1, -0.05) is 32.1 Å². The molecule has 32 heavy (non-hydrogen) atoms. The van der Waals surface area contributed by atoms with Crippen molar-refractivity contribution in [3.8, 4) is 0 Å². The minimum absolute atomic E-state index is 0.0461. The molecule has 1 aromatic carbocycles. The third kappa shape index (κ3) is 4.74. The molecule has 2 aromatic rings. The second-order valence-corrected chi connectivity index (χ2v) is 9.86. The van der Waals surface area contributed by atoms with Gasteiger partial charge in [0.2, 0.25) is 0 Å². The first kappa shape index (κ1) is 22.9. The fourth-order valence-electron chi connectivity index (χ4n) is 4.95. The fraction of sp³-hybridized carbons (Fsp3) is 0.591. The summed E-state index contributed by atoms with van der Waals surface area (Å²) < 4.78 is 54.3. The highest BCUT2D eigenvalue weighted by atomic mass is 32.1. The van der Waals surface area contributed by atoms with Crippen molar-refractivity contribution in [2.45, 2.75) is 57.3 Å². The Morgan fingerprint density at radius 3 is 2.47 bits per heavy atom. The quantitative estimate of drug-likeness (QED) is 0.297. The number of anilines is 1. The van der Waals surface area contributed by atoms with Crippen molar-refractivity contribution in [1.82, 2.24) is 0 Å². The zero-order chi connectivity index (χ0) is 23.0. The summed E-state index contributed by atoms with van der Waals surface area (Å²) in [5.74, 6) is 0.510. The van der Waals surface area contributed by atoms with E-state index in [1.165, 1.54) is 25.3 Å². The molecule has 1 saturated carbocycles. The minimum atomic E-state index is -4.81. The Morgan fingerprint density at radius 2 is 1.84 bits per heavy atom. The predicted molar refractivity (Wildman–Crippen MR) is 116 cm³/mol. The number of hydrogen-bond donors (Lipinski definition) is 0. The van der Waals surface area contributed by atoms with Crippen LogP contribution in [-0.4, -0.2) is 24.2 Å². The number of nitro groups is 1. The molecule has 2 aliphatic rings. The molecule has 5 nitrogen and oxygen atoms in total. The van der Waals surface area contributed by atoms with E-state index in [1.807, 2.05) is 0 Å². The smallest absolute Gasteiger partial charge is 0.360 e. The van der Waals surface area contributed by atoms with Crippen molar-refractivity contribution >= 4 is 32.1 Å². The summed E-state index contributed by atoms with van der Waals surface area (Å²) in [7, 11) is 0. The predicted octanol–water partition coefficient (Wildman–Crippen LogP) is 6.32. The molecule has 174 valence electrons.